The van der Waals surface area contributed by atoms with E-state index in [2.05, 4.69) is 11.6 Å². The van der Waals surface area contributed by atoms with Crippen LogP contribution in [0.15, 0.2) is 17.6 Å². The maximum atomic E-state index is 8.56. The van der Waals surface area contributed by atoms with Crippen molar-refractivity contribution in [3.05, 3.63) is 12.7 Å². The molecule has 0 saturated heterocycles. The third-order valence-corrected chi connectivity index (χ3v) is 1.10. The average Bonchev–Trinajstić information content (AvgIpc) is 1.98. The van der Waals surface area contributed by atoms with Crippen molar-refractivity contribution in [1.29, 1.82) is 0 Å². The van der Waals surface area contributed by atoms with Crippen molar-refractivity contribution in [2.75, 3.05) is 20.6 Å². The lowest BCUT2D eigenvalue weighted by atomic mass is 10.6. The van der Waals surface area contributed by atoms with E-state index >= 15 is 0 Å². The Hall–Kier alpha value is -1.52. The lowest BCUT2D eigenvalue weighted by molar-refractivity contribution is 0.137. The highest BCUT2D eigenvalue weighted by molar-refractivity contribution is 5.79. The van der Waals surface area contributed by atoms with Crippen LogP contribution in [0, 0.1) is 0 Å². The summed E-state index contributed by atoms with van der Waals surface area (Å²) in [6, 6.07) is 0. The Balaban J connectivity index is 0. The van der Waals surface area contributed by atoms with Crippen molar-refractivity contribution in [2.45, 2.75) is 6.92 Å². The first-order valence-electron chi connectivity index (χ1n) is 3.63. The second-order valence-electron chi connectivity index (χ2n) is 2.35. The van der Waals surface area contributed by atoms with Gasteiger partial charge in [-0.15, -0.1) is 6.58 Å². The minimum Gasteiger partial charge on any atom is -0.450 e. The fourth-order valence-corrected chi connectivity index (χ4v) is 0.338. The number of carbonyl (C=O) groups is 1. The molecule has 0 aliphatic heterocycles. The predicted octanol–water partition coefficient (Wildman–Crippen LogP) is 1.37. The van der Waals surface area contributed by atoms with E-state index in [1.807, 2.05) is 25.9 Å². The SMILES string of the molecule is C=CCN=C(C)N(C)C.O=C(O)O. The predicted molar refractivity (Wildman–Crippen MR) is 52.5 cm³/mol. The van der Waals surface area contributed by atoms with Gasteiger partial charge in [-0.25, -0.2) is 4.79 Å². The molecular weight excluding hydrogens is 172 g/mol. The Labute approximate surface area is 78.0 Å². The Morgan fingerprint density at radius 2 is 1.92 bits per heavy atom. The van der Waals surface area contributed by atoms with Crippen molar-refractivity contribution in [3.8, 4) is 0 Å². The van der Waals surface area contributed by atoms with Gasteiger partial charge in [0.2, 0.25) is 0 Å². The zero-order chi connectivity index (χ0) is 10.9. The molecule has 0 aliphatic carbocycles. The molecule has 5 heteroatoms. The molecule has 0 aromatic carbocycles. The molecule has 0 fully saturated rings. The van der Waals surface area contributed by atoms with E-state index in [9.17, 15) is 0 Å². The molecule has 0 aromatic heterocycles. The lowest BCUT2D eigenvalue weighted by Gasteiger charge is -2.09. The van der Waals surface area contributed by atoms with Gasteiger partial charge < -0.3 is 15.1 Å². The van der Waals surface area contributed by atoms with Gasteiger partial charge in [-0.2, -0.15) is 0 Å². The molecule has 0 spiro atoms. The molecule has 5 nitrogen and oxygen atoms in total. The van der Waals surface area contributed by atoms with Gasteiger partial charge in [0.1, 0.15) is 0 Å². The van der Waals surface area contributed by atoms with Crippen LogP contribution in [0.25, 0.3) is 0 Å². The van der Waals surface area contributed by atoms with E-state index in [1.165, 1.54) is 0 Å². The second-order valence-corrected chi connectivity index (χ2v) is 2.35. The Morgan fingerprint density at radius 1 is 1.54 bits per heavy atom. The van der Waals surface area contributed by atoms with E-state index in [4.69, 9.17) is 15.0 Å². The standard InChI is InChI=1S/C7H14N2.CH2O3/c1-5-6-8-7(2)9(3)4;2-1(3)4/h5H,1,6H2,2-4H3;(H2,2,3,4). The van der Waals surface area contributed by atoms with Crippen LogP contribution in [-0.2, 0) is 0 Å². The first kappa shape index (κ1) is 14.0. The van der Waals surface area contributed by atoms with Crippen molar-refractivity contribution in [2.24, 2.45) is 4.99 Å². The second kappa shape index (κ2) is 8.58. The van der Waals surface area contributed by atoms with E-state index in [0.717, 1.165) is 5.84 Å². The molecule has 0 aliphatic rings. The minimum absolute atomic E-state index is 0.712. The molecule has 76 valence electrons. The summed E-state index contributed by atoms with van der Waals surface area (Å²) in [4.78, 5) is 14.7. The first-order chi connectivity index (χ1) is 5.91. The molecule has 0 unspecified atom stereocenters. The molecule has 0 amide bonds. The molecule has 0 atom stereocenters. The third kappa shape index (κ3) is 17.9. The van der Waals surface area contributed by atoms with E-state index < -0.39 is 6.16 Å². The summed E-state index contributed by atoms with van der Waals surface area (Å²) >= 11 is 0. The summed E-state index contributed by atoms with van der Waals surface area (Å²) in [5.41, 5.74) is 0. The van der Waals surface area contributed by atoms with E-state index in [1.54, 1.807) is 6.08 Å². The van der Waals surface area contributed by atoms with Gasteiger partial charge in [-0.3, -0.25) is 4.99 Å². The van der Waals surface area contributed by atoms with Gasteiger partial charge in [0.15, 0.2) is 0 Å². The highest BCUT2D eigenvalue weighted by Gasteiger charge is 1.87. The summed E-state index contributed by atoms with van der Waals surface area (Å²) in [6.07, 6.45) is -0.0486. The minimum atomic E-state index is -1.83. The molecule has 0 bridgehead atoms. The Bertz CT molecular complexity index is 184. The number of hydrogen-bond acceptors (Lipinski definition) is 2. The molecule has 0 heterocycles. The Morgan fingerprint density at radius 3 is 2.15 bits per heavy atom. The zero-order valence-corrected chi connectivity index (χ0v) is 8.19. The molecule has 0 radical (unpaired) electrons. The maximum Gasteiger partial charge on any atom is 0.503 e. The number of carboxylic acid groups (broad SMARTS) is 2. The van der Waals surface area contributed by atoms with Gasteiger partial charge in [-0.05, 0) is 6.92 Å². The van der Waals surface area contributed by atoms with Crippen LogP contribution in [0.4, 0.5) is 4.79 Å². The van der Waals surface area contributed by atoms with E-state index in [0.29, 0.717) is 6.54 Å². The maximum absolute atomic E-state index is 8.56. The topological polar surface area (TPSA) is 73.1 Å². The summed E-state index contributed by atoms with van der Waals surface area (Å²) in [5.74, 6) is 1.04. The largest absolute Gasteiger partial charge is 0.503 e. The molecule has 0 saturated carbocycles. The fourth-order valence-electron chi connectivity index (χ4n) is 0.338. The zero-order valence-electron chi connectivity index (χ0n) is 8.19. The van der Waals surface area contributed by atoms with E-state index in [-0.39, 0.29) is 0 Å². The van der Waals surface area contributed by atoms with Crippen LogP contribution in [0.3, 0.4) is 0 Å². The van der Waals surface area contributed by atoms with Gasteiger partial charge in [0, 0.05) is 14.1 Å². The summed E-state index contributed by atoms with van der Waals surface area (Å²) in [6.45, 7) is 6.25. The average molecular weight is 188 g/mol. The van der Waals surface area contributed by atoms with Gasteiger partial charge in [0.05, 0.1) is 12.4 Å². The summed E-state index contributed by atoms with van der Waals surface area (Å²) < 4.78 is 0. The number of aliphatic imine (C=N–C) groups is 1. The molecule has 2 N–H and O–H groups in total. The van der Waals surface area contributed by atoms with Gasteiger partial charge >= 0.3 is 6.16 Å². The van der Waals surface area contributed by atoms with Crippen molar-refractivity contribution in [3.63, 3.8) is 0 Å². The number of nitrogens with zero attached hydrogens (tertiary/aromatic N) is 2. The fraction of sp³-hybridized carbons (Fsp3) is 0.500. The number of rotatable bonds is 2. The van der Waals surface area contributed by atoms with Crippen LogP contribution in [-0.4, -0.2) is 47.7 Å². The van der Waals surface area contributed by atoms with Crippen LogP contribution in [0.2, 0.25) is 0 Å². The molecule has 13 heavy (non-hydrogen) atoms. The van der Waals surface area contributed by atoms with Crippen molar-refractivity contribution < 1.29 is 15.0 Å². The quantitative estimate of drug-likeness (QED) is 0.390. The van der Waals surface area contributed by atoms with Gasteiger partial charge in [0.25, 0.3) is 0 Å². The molecule has 0 rings (SSSR count). The number of amidine groups is 1. The lowest BCUT2D eigenvalue weighted by Crippen LogP contribution is -2.18. The van der Waals surface area contributed by atoms with Crippen LogP contribution in [0.1, 0.15) is 6.92 Å². The summed E-state index contributed by atoms with van der Waals surface area (Å²) in [7, 11) is 3.95. The monoisotopic (exact) mass is 188 g/mol. The van der Waals surface area contributed by atoms with Gasteiger partial charge in [-0.1, -0.05) is 6.08 Å². The molecule has 0 aromatic rings. The van der Waals surface area contributed by atoms with Crippen LogP contribution in [0.5, 0.6) is 0 Å². The highest BCUT2D eigenvalue weighted by Crippen LogP contribution is 1.81. The smallest absolute Gasteiger partial charge is 0.450 e. The molecular formula is C8H16N2O3. The highest BCUT2D eigenvalue weighted by atomic mass is 16.6. The normalized spacial score (nSPS) is 9.62. The number of hydrogen-bond donors (Lipinski definition) is 2. The van der Waals surface area contributed by atoms with Crippen molar-refractivity contribution >= 4 is 12.0 Å². The van der Waals surface area contributed by atoms with Crippen LogP contribution < -0.4 is 0 Å². The summed E-state index contributed by atoms with van der Waals surface area (Å²) in [5, 5.41) is 13.9. The van der Waals surface area contributed by atoms with Crippen molar-refractivity contribution in [1.82, 2.24) is 4.90 Å². The Kier molecular flexibility index (Phi) is 9.25. The van der Waals surface area contributed by atoms with Crippen LogP contribution >= 0.6 is 0 Å². The third-order valence-electron chi connectivity index (χ3n) is 1.10. The first-order valence-corrected chi connectivity index (χ1v) is 3.63.